The SMILES string of the molecule is Nc1ccc(NC2C3C4CCC(C4)C23)nn1. The van der Waals surface area contributed by atoms with Crippen LogP contribution in [-0.2, 0) is 0 Å². The van der Waals surface area contributed by atoms with Crippen LogP contribution in [0.1, 0.15) is 19.3 Å². The van der Waals surface area contributed by atoms with Crippen molar-refractivity contribution in [3.8, 4) is 0 Å². The van der Waals surface area contributed by atoms with Gasteiger partial charge in [-0.15, -0.1) is 10.2 Å². The fraction of sp³-hybridized carbons (Fsp3) is 0.667. The van der Waals surface area contributed by atoms with Gasteiger partial charge in [-0.25, -0.2) is 0 Å². The van der Waals surface area contributed by atoms with Crippen molar-refractivity contribution < 1.29 is 0 Å². The van der Waals surface area contributed by atoms with Crippen LogP contribution in [0.4, 0.5) is 11.6 Å². The van der Waals surface area contributed by atoms with Crippen LogP contribution in [0, 0.1) is 23.7 Å². The number of nitrogen functional groups attached to an aromatic ring is 1. The van der Waals surface area contributed by atoms with E-state index in [1.807, 2.05) is 12.1 Å². The molecule has 3 saturated carbocycles. The highest BCUT2D eigenvalue weighted by molar-refractivity contribution is 5.42. The van der Waals surface area contributed by atoms with Gasteiger partial charge in [0.2, 0.25) is 0 Å². The molecule has 4 heteroatoms. The summed E-state index contributed by atoms with van der Waals surface area (Å²) in [6.45, 7) is 0. The molecule has 1 aromatic heterocycles. The van der Waals surface area contributed by atoms with E-state index in [-0.39, 0.29) is 0 Å². The molecule has 1 heterocycles. The molecule has 2 bridgehead atoms. The van der Waals surface area contributed by atoms with E-state index < -0.39 is 0 Å². The van der Waals surface area contributed by atoms with Crippen LogP contribution in [-0.4, -0.2) is 16.2 Å². The molecule has 84 valence electrons. The number of nitrogens with zero attached hydrogens (tertiary/aromatic N) is 2. The van der Waals surface area contributed by atoms with E-state index in [0.717, 1.165) is 29.5 Å². The van der Waals surface area contributed by atoms with Crippen molar-refractivity contribution in [2.24, 2.45) is 23.7 Å². The van der Waals surface area contributed by atoms with E-state index in [9.17, 15) is 0 Å². The third-order valence-electron chi connectivity index (χ3n) is 4.74. The van der Waals surface area contributed by atoms with Crippen LogP contribution < -0.4 is 11.1 Å². The van der Waals surface area contributed by atoms with Gasteiger partial charge < -0.3 is 11.1 Å². The van der Waals surface area contributed by atoms with Crippen molar-refractivity contribution in [1.82, 2.24) is 10.2 Å². The average molecular weight is 216 g/mol. The van der Waals surface area contributed by atoms with E-state index in [1.54, 1.807) is 0 Å². The van der Waals surface area contributed by atoms with Crippen LogP contribution in [0.3, 0.4) is 0 Å². The van der Waals surface area contributed by atoms with E-state index in [0.29, 0.717) is 11.9 Å². The molecule has 4 unspecified atom stereocenters. The Morgan fingerprint density at radius 3 is 2.50 bits per heavy atom. The molecule has 0 amide bonds. The quantitative estimate of drug-likeness (QED) is 0.786. The maximum Gasteiger partial charge on any atom is 0.149 e. The summed E-state index contributed by atoms with van der Waals surface area (Å²) in [4.78, 5) is 0. The topological polar surface area (TPSA) is 63.8 Å². The standard InChI is InChI=1S/C12H16N4/c13-8-3-4-9(16-15-8)14-12-10-6-1-2-7(5-6)11(10)12/h3-4,6-7,10-12H,1-2,5H2,(H2,13,15)(H,14,16). The Labute approximate surface area is 94.6 Å². The zero-order valence-corrected chi connectivity index (χ0v) is 9.13. The lowest BCUT2D eigenvalue weighted by Crippen LogP contribution is -2.14. The summed E-state index contributed by atoms with van der Waals surface area (Å²) >= 11 is 0. The first-order chi connectivity index (χ1) is 7.83. The van der Waals surface area contributed by atoms with Gasteiger partial charge in [0.15, 0.2) is 0 Å². The molecule has 16 heavy (non-hydrogen) atoms. The van der Waals surface area contributed by atoms with Crippen molar-refractivity contribution in [2.75, 3.05) is 11.1 Å². The Kier molecular flexibility index (Phi) is 1.58. The first-order valence-corrected chi connectivity index (χ1v) is 6.18. The Balaban J connectivity index is 1.48. The monoisotopic (exact) mass is 216 g/mol. The number of fused-ring (bicyclic) bond motifs is 5. The molecule has 0 spiro atoms. The summed E-state index contributed by atoms with van der Waals surface area (Å²) in [5, 5.41) is 11.5. The van der Waals surface area contributed by atoms with Crippen molar-refractivity contribution in [3.05, 3.63) is 12.1 Å². The van der Waals surface area contributed by atoms with E-state index in [4.69, 9.17) is 5.73 Å². The van der Waals surface area contributed by atoms with Crippen LogP contribution in [0.5, 0.6) is 0 Å². The van der Waals surface area contributed by atoms with Crippen LogP contribution in [0.15, 0.2) is 12.1 Å². The zero-order valence-electron chi connectivity index (χ0n) is 9.13. The van der Waals surface area contributed by atoms with Gasteiger partial charge in [-0.1, -0.05) is 0 Å². The van der Waals surface area contributed by atoms with E-state index >= 15 is 0 Å². The highest BCUT2D eigenvalue weighted by Crippen LogP contribution is 2.66. The maximum absolute atomic E-state index is 5.52. The number of anilines is 2. The number of hydrogen-bond donors (Lipinski definition) is 2. The smallest absolute Gasteiger partial charge is 0.149 e. The minimum absolute atomic E-state index is 0.488. The van der Waals surface area contributed by atoms with Gasteiger partial charge >= 0.3 is 0 Å². The van der Waals surface area contributed by atoms with E-state index in [2.05, 4.69) is 15.5 Å². The van der Waals surface area contributed by atoms with Gasteiger partial charge in [-0.2, -0.15) is 0 Å². The summed E-state index contributed by atoms with van der Waals surface area (Å²) in [5.74, 6) is 5.22. The number of rotatable bonds is 2. The zero-order chi connectivity index (χ0) is 10.7. The lowest BCUT2D eigenvalue weighted by atomic mass is 10.0. The Hall–Kier alpha value is -1.32. The van der Waals surface area contributed by atoms with Crippen molar-refractivity contribution >= 4 is 11.6 Å². The van der Waals surface area contributed by atoms with Gasteiger partial charge in [-0.3, -0.25) is 0 Å². The molecule has 4 nitrogen and oxygen atoms in total. The second-order valence-corrected chi connectivity index (χ2v) is 5.50. The molecule has 0 aliphatic heterocycles. The summed E-state index contributed by atoms with van der Waals surface area (Å²) < 4.78 is 0. The summed E-state index contributed by atoms with van der Waals surface area (Å²) in [7, 11) is 0. The summed E-state index contributed by atoms with van der Waals surface area (Å²) in [6.07, 6.45) is 4.40. The van der Waals surface area contributed by atoms with Crippen molar-refractivity contribution in [3.63, 3.8) is 0 Å². The van der Waals surface area contributed by atoms with Crippen LogP contribution in [0.25, 0.3) is 0 Å². The molecular weight excluding hydrogens is 200 g/mol. The third-order valence-corrected chi connectivity index (χ3v) is 4.74. The van der Waals surface area contributed by atoms with Gasteiger partial charge in [0.05, 0.1) is 0 Å². The van der Waals surface area contributed by atoms with Crippen LogP contribution >= 0.6 is 0 Å². The molecule has 4 rings (SSSR count). The van der Waals surface area contributed by atoms with Gasteiger partial charge in [0.25, 0.3) is 0 Å². The molecular formula is C12H16N4. The minimum atomic E-state index is 0.488. The maximum atomic E-state index is 5.52. The Bertz CT molecular complexity index is 400. The summed E-state index contributed by atoms with van der Waals surface area (Å²) in [5.41, 5.74) is 5.52. The largest absolute Gasteiger partial charge is 0.382 e. The Morgan fingerprint density at radius 2 is 1.88 bits per heavy atom. The fourth-order valence-corrected chi connectivity index (χ4v) is 4.11. The van der Waals surface area contributed by atoms with Crippen molar-refractivity contribution in [2.45, 2.75) is 25.3 Å². The molecule has 4 atom stereocenters. The molecule has 3 N–H and O–H groups in total. The fourth-order valence-electron chi connectivity index (χ4n) is 4.11. The van der Waals surface area contributed by atoms with Gasteiger partial charge in [0, 0.05) is 6.04 Å². The van der Waals surface area contributed by atoms with Crippen LogP contribution in [0.2, 0.25) is 0 Å². The predicted molar refractivity (Wildman–Crippen MR) is 61.7 cm³/mol. The molecule has 3 aliphatic carbocycles. The van der Waals surface area contributed by atoms with Gasteiger partial charge in [0.1, 0.15) is 11.6 Å². The molecule has 3 aliphatic rings. The molecule has 0 radical (unpaired) electrons. The number of nitrogens with one attached hydrogen (secondary N) is 1. The lowest BCUT2D eigenvalue weighted by molar-refractivity contribution is 0.456. The lowest BCUT2D eigenvalue weighted by Gasteiger charge is -2.10. The normalized spacial score (nSPS) is 43.1. The predicted octanol–water partition coefficient (Wildman–Crippen LogP) is 1.52. The molecule has 3 fully saturated rings. The van der Waals surface area contributed by atoms with E-state index in [1.165, 1.54) is 19.3 Å². The first-order valence-electron chi connectivity index (χ1n) is 6.18. The average Bonchev–Trinajstić information content (AvgIpc) is 2.72. The number of aromatic nitrogens is 2. The van der Waals surface area contributed by atoms with Gasteiger partial charge in [-0.05, 0) is 55.1 Å². The number of nitrogens with two attached hydrogens (primary N) is 1. The number of hydrogen-bond acceptors (Lipinski definition) is 4. The minimum Gasteiger partial charge on any atom is -0.382 e. The molecule has 0 saturated heterocycles. The Morgan fingerprint density at radius 1 is 1.12 bits per heavy atom. The molecule has 0 aromatic carbocycles. The first kappa shape index (κ1) is 8.79. The third kappa shape index (κ3) is 1.10. The molecule has 1 aromatic rings. The summed E-state index contributed by atoms with van der Waals surface area (Å²) in [6, 6.07) is 4.41. The van der Waals surface area contributed by atoms with Crippen molar-refractivity contribution in [1.29, 1.82) is 0 Å². The second kappa shape index (κ2) is 2.87. The highest BCUT2D eigenvalue weighted by Gasteiger charge is 2.65. The highest BCUT2D eigenvalue weighted by atomic mass is 15.2. The second-order valence-electron chi connectivity index (χ2n) is 5.50.